The maximum absolute atomic E-state index is 12.9. The Kier molecular flexibility index (Phi) is 6.46. The fourth-order valence-electron chi connectivity index (χ4n) is 4.62. The Morgan fingerprint density at radius 3 is 2.75 bits per heavy atom. The van der Waals surface area contributed by atoms with Crippen LogP contribution in [-0.2, 0) is 9.53 Å². The van der Waals surface area contributed by atoms with Crippen LogP contribution >= 0.6 is 0 Å². The molecule has 0 saturated heterocycles. The number of methoxy groups -OCH3 is 2. The molecule has 0 saturated carbocycles. The first kappa shape index (κ1) is 21.9. The number of fused-ring (bicyclic) bond motifs is 3. The molecular weight excluding hydrogens is 408 g/mol. The zero-order chi connectivity index (χ0) is 22.7. The average molecular weight is 437 g/mol. The van der Waals surface area contributed by atoms with Crippen molar-refractivity contribution in [1.82, 2.24) is 5.32 Å². The highest BCUT2D eigenvalue weighted by Crippen LogP contribution is 2.51. The number of esters is 1. The average Bonchev–Trinajstić information content (AvgIpc) is 3.28. The zero-order valence-electron chi connectivity index (χ0n) is 18.5. The van der Waals surface area contributed by atoms with Crippen LogP contribution < -0.4 is 20.1 Å². The van der Waals surface area contributed by atoms with Crippen LogP contribution in [-0.4, -0.2) is 39.2 Å². The summed E-state index contributed by atoms with van der Waals surface area (Å²) in [6.45, 7) is 2.27. The van der Waals surface area contributed by atoms with Crippen LogP contribution in [0, 0.1) is 5.92 Å². The summed E-state index contributed by atoms with van der Waals surface area (Å²) in [6, 6.07) is 11.4. The Morgan fingerprint density at radius 1 is 1.16 bits per heavy atom. The number of allylic oxidation sites excluding steroid dienone is 2. The first-order chi connectivity index (χ1) is 15.5. The summed E-state index contributed by atoms with van der Waals surface area (Å²) < 4.78 is 15.8. The van der Waals surface area contributed by atoms with Crippen molar-refractivity contribution in [2.75, 3.05) is 32.7 Å². The molecule has 1 aliphatic heterocycles. The van der Waals surface area contributed by atoms with Gasteiger partial charge < -0.3 is 24.8 Å². The van der Waals surface area contributed by atoms with Gasteiger partial charge in [0.2, 0.25) is 0 Å². The minimum Gasteiger partial charge on any atom is -0.493 e. The molecule has 0 bridgehead atoms. The van der Waals surface area contributed by atoms with Crippen LogP contribution in [0.15, 0.2) is 48.6 Å². The number of nitrogens with one attached hydrogen (secondary N) is 2. The van der Waals surface area contributed by atoms with Gasteiger partial charge in [0.05, 0.1) is 31.0 Å². The van der Waals surface area contributed by atoms with Crippen molar-refractivity contribution in [2.24, 2.45) is 5.92 Å². The molecule has 168 valence electrons. The molecule has 0 fully saturated rings. The lowest BCUT2D eigenvalue weighted by Gasteiger charge is -2.38. The van der Waals surface area contributed by atoms with E-state index in [1.54, 1.807) is 20.3 Å². The third-order valence-electron chi connectivity index (χ3n) is 6.03. The lowest BCUT2D eigenvalue weighted by Crippen LogP contribution is -2.33. The standard InChI is InChI=1S/C25H28N2O5/c1-15(28)32-21-11-10-16(14-22(21)31-3)23-18-7-4-6-17(18)19-8-5-9-20(24(19)27-23)25(29)26-12-13-30-2/h4-6,8-11,14,17-18,23,27H,7,12-13H2,1-3H3,(H,26,29). The first-order valence-electron chi connectivity index (χ1n) is 10.7. The Morgan fingerprint density at radius 2 is 2.00 bits per heavy atom. The topological polar surface area (TPSA) is 85.9 Å². The van der Waals surface area contributed by atoms with E-state index in [9.17, 15) is 9.59 Å². The van der Waals surface area contributed by atoms with E-state index in [-0.39, 0.29) is 17.9 Å². The predicted octanol–water partition coefficient (Wildman–Crippen LogP) is 3.82. The van der Waals surface area contributed by atoms with Gasteiger partial charge in [-0.2, -0.15) is 0 Å². The van der Waals surface area contributed by atoms with Gasteiger partial charge in [0.15, 0.2) is 11.5 Å². The fraction of sp³-hybridized carbons (Fsp3) is 0.360. The predicted molar refractivity (Wildman–Crippen MR) is 121 cm³/mol. The maximum Gasteiger partial charge on any atom is 0.308 e. The molecule has 7 heteroatoms. The molecular formula is C25H28N2O5. The minimum atomic E-state index is -0.398. The molecule has 32 heavy (non-hydrogen) atoms. The fourth-order valence-corrected chi connectivity index (χ4v) is 4.62. The molecule has 1 heterocycles. The van der Waals surface area contributed by atoms with E-state index >= 15 is 0 Å². The Labute approximate surface area is 187 Å². The second kappa shape index (κ2) is 9.44. The molecule has 2 aromatic carbocycles. The molecule has 2 N–H and O–H groups in total. The van der Waals surface area contributed by atoms with Gasteiger partial charge in [0.1, 0.15) is 0 Å². The van der Waals surface area contributed by atoms with Crippen molar-refractivity contribution in [2.45, 2.75) is 25.3 Å². The van der Waals surface area contributed by atoms with Crippen LogP contribution in [0.2, 0.25) is 0 Å². The third kappa shape index (κ3) is 4.21. The van der Waals surface area contributed by atoms with Crippen molar-refractivity contribution >= 4 is 17.6 Å². The summed E-state index contributed by atoms with van der Waals surface area (Å²) in [5, 5.41) is 6.56. The molecule has 1 aliphatic carbocycles. The molecule has 0 radical (unpaired) electrons. The number of carbonyl (C=O) groups is 2. The lowest BCUT2D eigenvalue weighted by molar-refractivity contribution is -0.132. The second-order valence-electron chi connectivity index (χ2n) is 8.00. The van der Waals surface area contributed by atoms with E-state index in [0.29, 0.717) is 36.1 Å². The maximum atomic E-state index is 12.9. The van der Waals surface area contributed by atoms with Gasteiger partial charge in [0, 0.05) is 26.5 Å². The highest BCUT2D eigenvalue weighted by molar-refractivity contribution is 6.00. The van der Waals surface area contributed by atoms with E-state index in [1.165, 1.54) is 6.92 Å². The molecule has 7 nitrogen and oxygen atoms in total. The van der Waals surface area contributed by atoms with Crippen LogP contribution in [0.3, 0.4) is 0 Å². The van der Waals surface area contributed by atoms with Crippen LogP contribution in [0.1, 0.15) is 46.8 Å². The van der Waals surface area contributed by atoms with E-state index in [1.807, 2.05) is 24.3 Å². The molecule has 3 atom stereocenters. The van der Waals surface area contributed by atoms with Crippen molar-refractivity contribution in [3.63, 3.8) is 0 Å². The lowest BCUT2D eigenvalue weighted by atomic mass is 9.76. The number of para-hydroxylation sites is 1. The molecule has 3 unspecified atom stereocenters. The summed E-state index contributed by atoms with van der Waals surface area (Å²) in [7, 11) is 3.16. The molecule has 2 aliphatic rings. The van der Waals surface area contributed by atoms with Gasteiger partial charge in [-0.05, 0) is 41.7 Å². The van der Waals surface area contributed by atoms with Crippen molar-refractivity contribution in [3.8, 4) is 11.5 Å². The Balaban J connectivity index is 1.69. The van der Waals surface area contributed by atoms with Gasteiger partial charge in [-0.15, -0.1) is 0 Å². The van der Waals surface area contributed by atoms with Crippen LogP contribution in [0.25, 0.3) is 0 Å². The third-order valence-corrected chi connectivity index (χ3v) is 6.03. The molecule has 4 rings (SSSR count). The molecule has 2 aromatic rings. The molecule has 0 spiro atoms. The van der Waals surface area contributed by atoms with E-state index < -0.39 is 5.97 Å². The smallest absolute Gasteiger partial charge is 0.308 e. The second-order valence-corrected chi connectivity index (χ2v) is 8.00. The highest BCUT2D eigenvalue weighted by Gasteiger charge is 2.39. The van der Waals surface area contributed by atoms with Crippen molar-refractivity contribution < 1.29 is 23.8 Å². The first-order valence-corrected chi connectivity index (χ1v) is 10.7. The minimum absolute atomic E-state index is 0.0318. The van der Waals surface area contributed by atoms with Gasteiger partial charge >= 0.3 is 5.97 Å². The normalized spacial score (nSPS) is 20.7. The number of benzene rings is 2. The largest absolute Gasteiger partial charge is 0.493 e. The molecule has 0 aromatic heterocycles. The number of anilines is 1. The monoisotopic (exact) mass is 436 g/mol. The number of amides is 1. The van der Waals surface area contributed by atoms with Gasteiger partial charge in [-0.1, -0.05) is 30.4 Å². The summed E-state index contributed by atoms with van der Waals surface area (Å²) in [5.74, 6) is 0.872. The number of hydrogen-bond acceptors (Lipinski definition) is 6. The van der Waals surface area contributed by atoms with Gasteiger partial charge in [-0.3, -0.25) is 9.59 Å². The number of rotatable bonds is 7. The summed E-state index contributed by atoms with van der Waals surface area (Å²) >= 11 is 0. The summed E-state index contributed by atoms with van der Waals surface area (Å²) in [4.78, 5) is 24.3. The van der Waals surface area contributed by atoms with Crippen LogP contribution in [0.5, 0.6) is 11.5 Å². The van der Waals surface area contributed by atoms with Crippen molar-refractivity contribution in [3.05, 3.63) is 65.2 Å². The Hall–Kier alpha value is -3.32. The van der Waals surface area contributed by atoms with Crippen LogP contribution in [0.4, 0.5) is 5.69 Å². The number of ether oxygens (including phenoxy) is 3. The van der Waals surface area contributed by atoms with Gasteiger partial charge in [0.25, 0.3) is 5.91 Å². The number of carbonyl (C=O) groups excluding carboxylic acids is 2. The quantitative estimate of drug-likeness (QED) is 0.297. The summed E-state index contributed by atoms with van der Waals surface area (Å²) in [6.07, 6.45) is 5.36. The van der Waals surface area contributed by atoms with Gasteiger partial charge in [-0.25, -0.2) is 0 Å². The summed E-state index contributed by atoms with van der Waals surface area (Å²) in [5.41, 5.74) is 3.61. The van der Waals surface area contributed by atoms with Crippen molar-refractivity contribution in [1.29, 1.82) is 0 Å². The molecule has 1 amide bonds. The zero-order valence-corrected chi connectivity index (χ0v) is 18.5. The highest BCUT2D eigenvalue weighted by atomic mass is 16.6. The number of hydrogen-bond donors (Lipinski definition) is 2. The SMILES string of the molecule is COCCNC(=O)c1cccc2c1NC(c1ccc(OC(C)=O)c(OC)c1)C1CC=CC21. The van der Waals surface area contributed by atoms with E-state index in [0.717, 1.165) is 23.2 Å². The van der Waals surface area contributed by atoms with E-state index in [4.69, 9.17) is 14.2 Å². The Bertz CT molecular complexity index is 1050. The van der Waals surface area contributed by atoms with E-state index in [2.05, 4.69) is 28.9 Å².